The van der Waals surface area contributed by atoms with Gasteiger partial charge in [0.25, 0.3) is 11.1 Å². The Morgan fingerprint density at radius 3 is 2.50 bits per heavy atom. The Morgan fingerprint density at radius 2 is 1.79 bits per heavy atom. The van der Waals surface area contributed by atoms with Gasteiger partial charge in [-0.25, -0.2) is 4.90 Å². The van der Waals surface area contributed by atoms with E-state index in [-0.39, 0.29) is 11.1 Å². The van der Waals surface area contributed by atoms with Gasteiger partial charge >= 0.3 is 0 Å². The summed E-state index contributed by atoms with van der Waals surface area (Å²) in [7, 11) is 1.62. The van der Waals surface area contributed by atoms with Crippen LogP contribution in [0.5, 0.6) is 5.75 Å². The molecule has 0 N–H and O–H groups in total. The summed E-state index contributed by atoms with van der Waals surface area (Å²) in [5.41, 5.74) is 2.18. The van der Waals surface area contributed by atoms with Gasteiger partial charge < -0.3 is 9.30 Å². The third-order valence-electron chi connectivity index (χ3n) is 4.27. The van der Waals surface area contributed by atoms with Gasteiger partial charge in [-0.2, -0.15) is 0 Å². The molecule has 5 nitrogen and oxygen atoms in total. The second kappa shape index (κ2) is 7.58. The molecule has 2 heterocycles. The number of halogens is 1. The zero-order valence-corrected chi connectivity index (χ0v) is 16.4. The van der Waals surface area contributed by atoms with E-state index in [1.54, 1.807) is 37.5 Å². The molecule has 3 aromatic rings. The van der Waals surface area contributed by atoms with E-state index in [1.165, 1.54) is 0 Å². The van der Waals surface area contributed by atoms with Crippen molar-refractivity contribution in [2.24, 2.45) is 0 Å². The Bertz CT molecular complexity index is 1090. The first kappa shape index (κ1) is 18.4. The van der Waals surface area contributed by atoms with Crippen LogP contribution < -0.4 is 9.64 Å². The van der Waals surface area contributed by atoms with Gasteiger partial charge in [-0.3, -0.25) is 9.59 Å². The minimum atomic E-state index is -0.361. The second-order valence-corrected chi connectivity index (χ2v) is 7.43. The SMILES string of the molecule is COc1ccc(-n2cccc2/C=C2/SC(=O)N(c3cccc(Cl)c3)C2=O)cc1. The number of nitrogens with zero attached hydrogens (tertiary/aromatic N) is 2. The number of rotatable bonds is 4. The Balaban J connectivity index is 1.66. The van der Waals surface area contributed by atoms with E-state index in [0.29, 0.717) is 15.6 Å². The summed E-state index contributed by atoms with van der Waals surface area (Å²) >= 11 is 6.91. The zero-order chi connectivity index (χ0) is 19.7. The number of methoxy groups -OCH3 is 1. The Labute approximate surface area is 171 Å². The van der Waals surface area contributed by atoms with E-state index in [1.807, 2.05) is 47.2 Å². The average molecular weight is 411 g/mol. The smallest absolute Gasteiger partial charge is 0.298 e. The molecule has 140 valence electrons. The number of benzene rings is 2. The molecule has 2 amide bonds. The van der Waals surface area contributed by atoms with Gasteiger partial charge in [0.15, 0.2) is 0 Å². The maximum atomic E-state index is 12.8. The van der Waals surface area contributed by atoms with E-state index in [2.05, 4.69) is 0 Å². The fourth-order valence-corrected chi connectivity index (χ4v) is 3.94. The number of hydrogen-bond acceptors (Lipinski definition) is 4. The third kappa shape index (κ3) is 3.44. The van der Waals surface area contributed by atoms with Crippen molar-refractivity contribution in [2.45, 2.75) is 0 Å². The monoisotopic (exact) mass is 410 g/mol. The van der Waals surface area contributed by atoms with Crippen LogP contribution in [-0.4, -0.2) is 22.8 Å². The molecule has 1 aliphatic heterocycles. The Morgan fingerprint density at radius 1 is 1.00 bits per heavy atom. The van der Waals surface area contributed by atoms with Crippen molar-refractivity contribution in [3.63, 3.8) is 0 Å². The lowest BCUT2D eigenvalue weighted by Crippen LogP contribution is -2.27. The summed E-state index contributed by atoms with van der Waals surface area (Å²) in [5, 5.41) is 0.120. The van der Waals surface area contributed by atoms with Crippen molar-refractivity contribution in [3.05, 3.63) is 82.5 Å². The standard InChI is InChI=1S/C21H15ClN2O3S/c1-27-18-9-7-15(8-10-18)23-11-3-6-16(23)13-19-20(25)24(21(26)28-19)17-5-2-4-14(22)12-17/h2-13H,1H3/b19-13+. The number of carbonyl (C=O) groups excluding carboxylic acids is 2. The quantitative estimate of drug-likeness (QED) is 0.542. The van der Waals surface area contributed by atoms with Crippen molar-refractivity contribution in [1.29, 1.82) is 0 Å². The van der Waals surface area contributed by atoms with Gasteiger partial charge in [0.05, 0.1) is 17.7 Å². The number of amides is 2. The molecule has 28 heavy (non-hydrogen) atoms. The van der Waals surface area contributed by atoms with Gasteiger partial charge in [0.2, 0.25) is 0 Å². The van der Waals surface area contributed by atoms with Gasteiger partial charge in [-0.05, 0) is 72.4 Å². The van der Waals surface area contributed by atoms with Gasteiger partial charge in [0.1, 0.15) is 5.75 Å². The number of anilines is 1. The summed E-state index contributed by atoms with van der Waals surface area (Å²) < 4.78 is 7.13. The highest BCUT2D eigenvalue weighted by Gasteiger charge is 2.36. The molecule has 0 unspecified atom stereocenters. The molecule has 0 aliphatic carbocycles. The Hall–Kier alpha value is -2.96. The maximum absolute atomic E-state index is 12.8. The molecule has 7 heteroatoms. The Kier molecular flexibility index (Phi) is 4.98. The predicted octanol–water partition coefficient (Wildman–Crippen LogP) is 5.38. The molecule has 0 atom stereocenters. The van der Waals surface area contributed by atoms with Crippen LogP contribution in [0.3, 0.4) is 0 Å². The molecule has 1 aliphatic rings. The topological polar surface area (TPSA) is 51.5 Å². The fraction of sp³-hybridized carbons (Fsp3) is 0.0476. The molecule has 0 bridgehead atoms. The maximum Gasteiger partial charge on any atom is 0.298 e. The van der Waals surface area contributed by atoms with E-state index in [9.17, 15) is 9.59 Å². The van der Waals surface area contributed by atoms with Crippen molar-refractivity contribution in [3.8, 4) is 11.4 Å². The summed E-state index contributed by atoms with van der Waals surface area (Å²) in [5.74, 6) is 0.403. The molecular weight excluding hydrogens is 396 g/mol. The fourth-order valence-electron chi connectivity index (χ4n) is 2.93. The minimum Gasteiger partial charge on any atom is -0.497 e. The van der Waals surface area contributed by atoms with Crippen LogP contribution in [0.2, 0.25) is 5.02 Å². The normalized spacial score (nSPS) is 15.5. The zero-order valence-electron chi connectivity index (χ0n) is 14.8. The van der Waals surface area contributed by atoms with Crippen LogP contribution in [0.15, 0.2) is 71.8 Å². The van der Waals surface area contributed by atoms with Gasteiger partial charge in [0, 0.05) is 22.6 Å². The predicted molar refractivity (Wildman–Crippen MR) is 112 cm³/mol. The average Bonchev–Trinajstić information content (AvgIpc) is 3.26. The summed E-state index contributed by atoms with van der Waals surface area (Å²) in [6.45, 7) is 0. The first-order valence-corrected chi connectivity index (χ1v) is 9.61. The van der Waals surface area contributed by atoms with Crippen molar-refractivity contribution in [1.82, 2.24) is 4.57 Å². The number of imide groups is 1. The molecule has 1 saturated heterocycles. The number of aromatic nitrogens is 1. The lowest BCUT2D eigenvalue weighted by molar-refractivity contribution is -0.113. The number of ether oxygens (including phenoxy) is 1. The van der Waals surface area contributed by atoms with Crippen LogP contribution in [0, 0.1) is 0 Å². The van der Waals surface area contributed by atoms with E-state index < -0.39 is 0 Å². The van der Waals surface area contributed by atoms with Crippen LogP contribution >= 0.6 is 23.4 Å². The van der Waals surface area contributed by atoms with Crippen LogP contribution in [0.4, 0.5) is 10.5 Å². The number of hydrogen-bond donors (Lipinski definition) is 0. The molecule has 0 spiro atoms. The summed E-state index contributed by atoms with van der Waals surface area (Å²) in [6.07, 6.45) is 3.62. The van der Waals surface area contributed by atoms with E-state index in [4.69, 9.17) is 16.3 Å². The largest absolute Gasteiger partial charge is 0.497 e. The highest BCUT2D eigenvalue weighted by Crippen LogP contribution is 2.36. The van der Waals surface area contributed by atoms with Crippen molar-refractivity contribution < 1.29 is 14.3 Å². The summed E-state index contributed by atoms with van der Waals surface area (Å²) in [6, 6.07) is 18.0. The number of thioether (sulfide) groups is 1. The first-order valence-electron chi connectivity index (χ1n) is 8.42. The number of carbonyl (C=O) groups is 2. The van der Waals surface area contributed by atoms with E-state index >= 15 is 0 Å². The van der Waals surface area contributed by atoms with Crippen LogP contribution in [0.1, 0.15) is 5.69 Å². The highest BCUT2D eigenvalue weighted by atomic mass is 35.5. The molecule has 0 radical (unpaired) electrons. The molecule has 0 saturated carbocycles. The van der Waals surface area contributed by atoms with E-state index in [0.717, 1.165) is 33.8 Å². The lowest BCUT2D eigenvalue weighted by atomic mass is 10.2. The van der Waals surface area contributed by atoms with Crippen LogP contribution in [0.25, 0.3) is 11.8 Å². The lowest BCUT2D eigenvalue weighted by Gasteiger charge is -2.12. The van der Waals surface area contributed by atoms with Crippen molar-refractivity contribution >= 4 is 46.3 Å². The van der Waals surface area contributed by atoms with Gasteiger partial charge in [-0.15, -0.1) is 0 Å². The van der Waals surface area contributed by atoms with Gasteiger partial charge in [-0.1, -0.05) is 17.7 Å². The molecule has 1 aromatic heterocycles. The third-order valence-corrected chi connectivity index (χ3v) is 5.37. The second-order valence-electron chi connectivity index (χ2n) is 6.00. The molecule has 4 rings (SSSR count). The first-order chi connectivity index (χ1) is 13.6. The highest BCUT2D eigenvalue weighted by molar-refractivity contribution is 8.19. The van der Waals surface area contributed by atoms with Crippen molar-refractivity contribution in [2.75, 3.05) is 12.0 Å². The molecule has 2 aromatic carbocycles. The minimum absolute atomic E-state index is 0.346. The molecule has 1 fully saturated rings. The molecular formula is C21H15ClN2O3S. The summed E-state index contributed by atoms with van der Waals surface area (Å²) in [4.78, 5) is 26.8. The van der Waals surface area contributed by atoms with Crippen LogP contribution in [-0.2, 0) is 4.79 Å².